The first-order valence-electron chi connectivity index (χ1n) is 14.0. The molecule has 0 bridgehead atoms. The Bertz CT molecular complexity index is 1550. The molecule has 2 amide bonds. The predicted molar refractivity (Wildman–Crippen MR) is 175 cm³/mol. The summed E-state index contributed by atoms with van der Waals surface area (Å²) < 4.78 is 39.9. The number of methoxy groups -OCH3 is 2. The Kier molecular flexibility index (Phi) is 13.0. The van der Waals surface area contributed by atoms with Crippen LogP contribution in [0.3, 0.4) is 0 Å². The number of ether oxygens (including phenoxy) is 2. The van der Waals surface area contributed by atoms with Crippen LogP contribution in [0, 0.1) is 0 Å². The minimum atomic E-state index is -4.35. The average Bonchev–Trinajstić information content (AvgIpc) is 3.00. The number of hydrogen-bond acceptors (Lipinski definition) is 6. The number of nitrogens with zero attached hydrogens (tertiary/aromatic N) is 2. The Balaban J connectivity index is 2.09. The summed E-state index contributed by atoms with van der Waals surface area (Å²) in [7, 11) is -1.51. The summed E-state index contributed by atoms with van der Waals surface area (Å²) in [6, 6.07) is 14.2. The van der Waals surface area contributed by atoms with Gasteiger partial charge in [-0.25, -0.2) is 8.42 Å². The van der Waals surface area contributed by atoms with Crippen LogP contribution in [-0.4, -0.2) is 58.5 Å². The average molecular weight is 685 g/mol. The van der Waals surface area contributed by atoms with E-state index in [4.69, 9.17) is 44.3 Å². The monoisotopic (exact) mass is 683 g/mol. The number of anilines is 1. The third kappa shape index (κ3) is 8.72. The fraction of sp³-hybridized carbons (Fsp3) is 0.355. The summed E-state index contributed by atoms with van der Waals surface area (Å²) in [6.45, 7) is 3.55. The standard InChI is InChI=1S/C31H36Cl3N3O6S/c1-5-7-16-35-31(39)27(6-2)36(19-21-8-9-23(33)17-26(21)34)30(38)20-37(24-12-10-22(32)11-13-24)44(40,41)25-14-15-28(42-3)29(18-25)43-4/h8-15,17-18,27H,5-7,16,19-20H2,1-4H3,(H,35,39). The van der Waals surface area contributed by atoms with Crippen LogP contribution in [0.5, 0.6) is 11.5 Å². The zero-order valence-corrected chi connectivity index (χ0v) is 28.1. The van der Waals surface area contributed by atoms with Crippen LogP contribution in [0.1, 0.15) is 38.7 Å². The maximum absolute atomic E-state index is 14.2. The van der Waals surface area contributed by atoms with E-state index < -0.39 is 28.5 Å². The fourth-order valence-corrected chi connectivity index (χ4v) is 6.52. The third-order valence-corrected chi connectivity index (χ3v) is 9.52. The van der Waals surface area contributed by atoms with E-state index in [2.05, 4.69) is 5.32 Å². The van der Waals surface area contributed by atoms with Crippen LogP contribution in [0.2, 0.25) is 15.1 Å². The van der Waals surface area contributed by atoms with Crippen molar-refractivity contribution in [1.82, 2.24) is 10.2 Å². The van der Waals surface area contributed by atoms with Crippen LogP contribution >= 0.6 is 34.8 Å². The van der Waals surface area contributed by atoms with Crippen molar-refractivity contribution in [2.45, 2.75) is 50.6 Å². The first-order valence-corrected chi connectivity index (χ1v) is 16.6. The highest BCUT2D eigenvalue weighted by Gasteiger charge is 2.34. The molecule has 3 aromatic rings. The molecule has 0 aliphatic heterocycles. The summed E-state index contributed by atoms with van der Waals surface area (Å²) in [5.74, 6) is -0.427. The van der Waals surface area contributed by atoms with Gasteiger partial charge in [-0.3, -0.25) is 13.9 Å². The molecule has 9 nitrogen and oxygen atoms in total. The van der Waals surface area contributed by atoms with Gasteiger partial charge in [-0.15, -0.1) is 0 Å². The Labute approximate surface area is 274 Å². The molecule has 13 heteroatoms. The van der Waals surface area contributed by atoms with Gasteiger partial charge in [-0.1, -0.05) is 61.1 Å². The highest BCUT2D eigenvalue weighted by atomic mass is 35.5. The van der Waals surface area contributed by atoms with Gasteiger partial charge in [0.15, 0.2) is 11.5 Å². The molecule has 1 unspecified atom stereocenters. The van der Waals surface area contributed by atoms with Crippen molar-refractivity contribution >= 4 is 62.3 Å². The van der Waals surface area contributed by atoms with Crippen molar-refractivity contribution in [2.75, 3.05) is 31.6 Å². The predicted octanol–water partition coefficient (Wildman–Crippen LogP) is 6.58. The van der Waals surface area contributed by atoms with E-state index in [1.165, 1.54) is 61.6 Å². The van der Waals surface area contributed by atoms with Crippen LogP contribution in [-0.2, 0) is 26.2 Å². The van der Waals surface area contributed by atoms with Gasteiger partial charge in [0, 0.05) is 34.2 Å². The largest absolute Gasteiger partial charge is 0.493 e. The molecule has 3 rings (SSSR count). The Morgan fingerprint density at radius 1 is 0.886 bits per heavy atom. The van der Waals surface area contributed by atoms with Crippen molar-refractivity contribution in [3.63, 3.8) is 0 Å². The van der Waals surface area contributed by atoms with Crippen LogP contribution in [0.25, 0.3) is 0 Å². The van der Waals surface area contributed by atoms with Crippen molar-refractivity contribution in [3.8, 4) is 11.5 Å². The number of benzene rings is 3. The number of halogens is 3. The summed E-state index contributed by atoms with van der Waals surface area (Å²) >= 11 is 18.7. The van der Waals surface area contributed by atoms with Crippen molar-refractivity contribution < 1.29 is 27.5 Å². The van der Waals surface area contributed by atoms with E-state index in [1.807, 2.05) is 6.92 Å². The maximum Gasteiger partial charge on any atom is 0.264 e. The minimum Gasteiger partial charge on any atom is -0.493 e. The first kappa shape index (κ1) is 35.3. The maximum atomic E-state index is 14.2. The lowest BCUT2D eigenvalue weighted by molar-refractivity contribution is -0.140. The summed E-state index contributed by atoms with van der Waals surface area (Å²) in [4.78, 5) is 28.8. The van der Waals surface area contributed by atoms with Gasteiger partial charge in [0.05, 0.1) is 24.8 Å². The second kappa shape index (κ2) is 16.2. The molecule has 0 spiro atoms. The van der Waals surface area contributed by atoms with Crippen molar-refractivity contribution in [2.24, 2.45) is 0 Å². The van der Waals surface area contributed by atoms with Crippen LogP contribution in [0.15, 0.2) is 65.6 Å². The van der Waals surface area contributed by atoms with Crippen molar-refractivity contribution in [1.29, 1.82) is 0 Å². The molecule has 0 aliphatic carbocycles. The van der Waals surface area contributed by atoms with Gasteiger partial charge in [0.25, 0.3) is 10.0 Å². The quantitative estimate of drug-likeness (QED) is 0.181. The molecule has 1 N–H and O–H groups in total. The van der Waals surface area contributed by atoms with E-state index >= 15 is 0 Å². The molecule has 238 valence electrons. The Morgan fingerprint density at radius 2 is 1.55 bits per heavy atom. The molecule has 0 aliphatic rings. The fourth-order valence-electron chi connectivity index (χ4n) is 4.50. The summed E-state index contributed by atoms with van der Waals surface area (Å²) in [6.07, 6.45) is 1.93. The number of amides is 2. The normalized spacial score (nSPS) is 11.9. The lowest BCUT2D eigenvalue weighted by atomic mass is 10.1. The van der Waals surface area contributed by atoms with E-state index in [9.17, 15) is 18.0 Å². The lowest BCUT2D eigenvalue weighted by Gasteiger charge is -2.33. The van der Waals surface area contributed by atoms with E-state index in [0.29, 0.717) is 32.9 Å². The molecule has 3 aromatic carbocycles. The summed E-state index contributed by atoms with van der Waals surface area (Å²) in [5, 5.41) is 4.00. The van der Waals surface area contributed by atoms with Crippen molar-refractivity contribution in [3.05, 3.63) is 81.3 Å². The highest BCUT2D eigenvalue weighted by Crippen LogP contribution is 2.33. The van der Waals surface area contributed by atoms with E-state index in [1.54, 1.807) is 25.1 Å². The second-order valence-corrected chi connectivity index (χ2v) is 13.0. The zero-order valence-electron chi connectivity index (χ0n) is 25.0. The molecule has 0 saturated carbocycles. The number of nitrogens with one attached hydrogen (secondary N) is 1. The number of rotatable bonds is 15. The third-order valence-electron chi connectivity index (χ3n) is 6.91. The number of carbonyl (C=O) groups is 2. The topological polar surface area (TPSA) is 105 Å². The zero-order chi connectivity index (χ0) is 32.4. The second-order valence-electron chi connectivity index (χ2n) is 9.83. The molecule has 0 heterocycles. The Hall–Kier alpha value is -3.18. The van der Waals surface area contributed by atoms with Crippen LogP contribution in [0.4, 0.5) is 5.69 Å². The molecule has 44 heavy (non-hydrogen) atoms. The molecule has 0 aromatic heterocycles. The molecule has 0 saturated heterocycles. The molecule has 1 atom stereocenters. The van der Waals surface area contributed by atoms with E-state index in [0.717, 1.165) is 17.1 Å². The molecule has 0 radical (unpaired) electrons. The van der Waals surface area contributed by atoms with Gasteiger partial charge in [0.1, 0.15) is 12.6 Å². The van der Waals surface area contributed by atoms with Gasteiger partial charge >= 0.3 is 0 Å². The molecular weight excluding hydrogens is 649 g/mol. The van der Waals surface area contributed by atoms with Gasteiger partial charge in [-0.05, 0) is 66.9 Å². The number of sulfonamides is 1. The molecule has 0 fully saturated rings. The SMILES string of the molecule is CCCCNC(=O)C(CC)N(Cc1ccc(Cl)cc1Cl)C(=O)CN(c1ccc(Cl)cc1)S(=O)(=O)c1ccc(OC)c(OC)c1. The van der Waals surface area contributed by atoms with Gasteiger partial charge < -0.3 is 19.7 Å². The van der Waals surface area contributed by atoms with Crippen LogP contribution < -0.4 is 19.1 Å². The number of hydrogen-bond donors (Lipinski definition) is 1. The number of carbonyl (C=O) groups excluding carboxylic acids is 2. The Morgan fingerprint density at radius 3 is 2.14 bits per heavy atom. The minimum absolute atomic E-state index is 0.0561. The van der Waals surface area contributed by atoms with Gasteiger partial charge in [-0.2, -0.15) is 0 Å². The van der Waals surface area contributed by atoms with Gasteiger partial charge in [0.2, 0.25) is 11.8 Å². The molecular formula is C31H36Cl3N3O6S. The summed E-state index contributed by atoms with van der Waals surface area (Å²) in [5.41, 5.74) is 0.743. The van der Waals surface area contributed by atoms with E-state index in [-0.39, 0.29) is 35.2 Å². The smallest absolute Gasteiger partial charge is 0.264 e. The highest BCUT2D eigenvalue weighted by molar-refractivity contribution is 7.92. The first-order chi connectivity index (χ1) is 21.0. The number of unbranched alkanes of at least 4 members (excludes halogenated alkanes) is 1. The lowest BCUT2D eigenvalue weighted by Crippen LogP contribution is -2.52.